The molecular weight excluding hydrogens is 298 g/mol. The molecule has 1 heterocycles. The zero-order chi connectivity index (χ0) is 17.0. The summed E-state index contributed by atoms with van der Waals surface area (Å²) in [5.74, 6) is -0.826. The first-order valence-electron chi connectivity index (χ1n) is 7.59. The number of nitrogens with zero attached hydrogens (tertiary/aromatic N) is 2. The van der Waals surface area contributed by atoms with Gasteiger partial charge in [0.1, 0.15) is 0 Å². The van der Waals surface area contributed by atoms with E-state index in [1.807, 2.05) is 19.1 Å². The number of urea groups is 1. The average molecular weight is 319 g/mol. The van der Waals surface area contributed by atoms with Crippen molar-refractivity contribution in [3.8, 4) is 0 Å². The Morgan fingerprint density at radius 1 is 1.35 bits per heavy atom. The number of fused-ring (bicyclic) bond motifs is 1. The molecule has 0 saturated heterocycles. The predicted octanol–water partition coefficient (Wildman–Crippen LogP) is 1.92. The first kappa shape index (κ1) is 16.8. The third-order valence-electron chi connectivity index (χ3n) is 3.85. The standard InChI is InChI=1S/C16H21N3O4/c1-3-19-13-6-5-12(10-11(13)4-7-14(19)20)17-16(23)18(2)9-8-15(21)22/h5-6,10H,3-4,7-9H2,1-2H3,(H,17,23)(H,21,22). The summed E-state index contributed by atoms with van der Waals surface area (Å²) in [5.41, 5.74) is 2.56. The van der Waals surface area contributed by atoms with Crippen LogP contribution in [0, 0.1) is 0 Å². The largest absolute Gasteiger partial charge is 0.481 e. The van der Waals surface area contributed by atoms with Crippen LogP contribution in [0.25, 0.3) is 0 Å². The highest BCUT2D eigenvalue weighted by molar-refractivity contribution is 5.97. The van der Waals surface area contributed by atoms with Crippen molar-refractivity contribution < 1.29 is 19.5 Å². The molecule has 0 fully saturated rings. The Morgan fingerprint density at radius 2 is 2.09 bits per heavy atom. The summed E-state index contributed by atoms with van der Waals surface area (Å²) in [6, 6.07) is 5.10. The van der Waals surface area contributed by atoms with Crippen LogP contribution in [0.4, 0.5) is 16.2 Å². The number of carbonyl (C=O) groups is 3. The lowest BCUT2D eigenvalue weighted by Crippen LogP contribution is -2.35. The van der Waals surface area contributed by atoms with Gasteiger partial charge in [-0.3, -0.25) is 9.59 Å². The van der Waals surface area contributed by atoms with Gasteiger partial charge >= 0.3 is 12.0 Å². The van der Waals surface area contributed by atoms with Gasteiger partial charge in [-0.1, -0.05) is 0 Å². The Bertz CT molecular complexity index is 630. The lowest BCUT2D eigenvalue weighted by Gasteiger charge is -2.29. The van der Waals surface area contributed by atoms with Gasteiger partial charge in [-0.25, -0.2) is 4.79 Å². The molecule has 7 nitrogen and oxygen atoms in total. The van der Waals surface area contributed by atoms with Gasteiger partial charge < -0.3 is 20.2 Å². The number of aliphatic carboxylic acids is 1. The molecule has 2 N–H and O–H groups in total. The SMILES string of the molecule is CCN1C(=O)CCc2cc(NC(=O)N(C)CCC(=O)O)ccc21. The van der Waals surface area contributed by atoms with E-state index in [-0.39, 0.29) is 24.9 Å². The summed E-state index contributed by atoms with van der Waals surface area (Å²) in [7, 11) is 1.55. The average Bonchev–Trinajstić information content (AvgIpc) is 2.52. The van der Waals surface area contributed by atoms with Gasteiger partial charge in [-0.05, 0) is 37.1 Å². The Kier molecular flexibility index (Phi) is 5.20. The monoisotopic (exact) mass is 319 g/mol. The molecule has 124 valence electrons. The van der Waals surface area contributed by atoms with Gasteiger partial charge in [0.15, 0.2) is 0 Å². The fraction of sp³-hybridized carbons (Fsp3) is 0.438. The van der Waals surface area contributed by atoms with Gasteiger partial charge in [0.05, 0.1) is 6.42 Å². The number of benzene rings is 1. The number of nitrogens with one attached hydrogen (secondary N) is 1. The smallest absolute Gasteiger partial charge is 0.321 e. The lowest BCUT2D eigenvalue weighted by atomic mass is 10.0. The number of aryl methyl sites for hydroxylation is 1. The van der Waals surface area contributed by atoms with E-state index in [0.717, 1.165) is 11.3 Å². The molecule has 0 aromatic heterocycles. The predicted molar refractivity (Wildman–Crippen MR) is 86.7 cm³/mol. The topological polar surface area (TPSA) is 90.0 Å². The van der Waals surface area contributed by atoms with Crippen LogP contribution in [-0.2, 0) is 16.0 Å². The van der Waals surface area contributed by atoms with Crippen molar-refractivity contribution in [3.63, 3.8) is 0 Å². The molecule has 1 aromatic rings. The quantitative estimate of drug-likeness (QED) is 0.867. The molecule has 2 rings (SSSR count). The molecule has 0 unspecified atom stereocenters. The minimum atomic E-state index is -0.942. The van der Waals surface area contributed by atoms with Gasteiger partial charge in [0.25, 0.3) is 0 Å². The van der Waals surface area contributed by atoms with Crippen LogP contribution in [0.5, 0.6) is 0 Å². The number of hydrogen-bond acceptors (Lipinski definition) is 3. The van der Waals surface area contributed by atoms with Crippen molar-refractivity contribution in [2.45, 2.75) is 26.2 Å². The zero-order valence-electron chi connectivity index (χ0n) is 13.3. The van der Waals surface area contributed by atoms with Crippen molar-refractivity contribution in [2.24, 2.45) is 0 Å². The van der Waals surface area contributed by atoms with Crippen molar-refractivity contribution in [1.82, 2.24) is 4.90 Å². The van der Waals surface area contributed by atoms with Crippen molar-refractivity contribution in [1.29, 1.82) is 0 Å². The summed E-state index contributed by atoms with van der Waals surface area (Å²) in [4.78, 5) is 37.5. The Balaban J connectivity index is 2.06. The second-order valence-electron chi connectivity index (χ2n) is 5.48. The van der Waals surface area contributed by atoms with Crippen LogP contribution in [0.2, 0.25) is 0 Å². The number of carbonyl (C=O) groups excluding carboxylic acids is 2. The maximum absolute atomic E-state index is 12.0. The van der Waals surface area contributed by atoms with E-state index in [1.54, 1.807) is 18.0 Å². The maximum Gasteiger partial charge on any atom is 0.321 e. The molecule has 3 amide bonds. The minimum Gasteiger partial charge on any atom is -0.481 e. The molecule has 0 radical (unpaired) electrons. The minimum absolute atomic E-state index is 0.0956. The molecule has 0 saturated carbocycles. The van der Waals surface area contributed by atoms with Crippen molar-refractivity contribution in [3.05, 3.63) is 23.8 Å². The van der Waals surface area contributed by atoms with E-state index >= 15 is 0 Å². The summed E-state index contributed by atoms with van der Waals surface area (Å²) in [6.07, 6.45) is 1.03. The number of carboxylic acid groups (broad SMARTS) is 1. The number of amides is 3. The highest BCUT2D eigenvalue weighted by Gasteiger charge is 2.23. The third-order valence-corrected chi connectivity index (χ3v) is 3.85. The number of anilines is 2. The van der Waals surface area contributed by atoms with Gasteiger partial charge in [0.2, 0.25) is 5.91 Å². The fourth-order valence-electron chi connectivity index (χ4n) is 2.57. The van der Waals surface area contributed by atoms with Crippen LogP contribution >= 0.6 is 0 Å². The molecular formula is C16H21N3O4. The van der Waals surface area contributed by atoms with E-state index in [2.05, 4.69) is 5.32 Å². The van der Waals surface area contributed by atoms with Crippen LogP contribution in [-0.4, -0.2) is 48.1 Å². The second-order valence-corrected chi connectivity index (χ2v) is 5.48. The summed E-state index contributed by atoms with van der Waals surface area (Å²) < 4.78 is 0. The molecule has 0 atom stereocenters. The van der Waals surface area contributed by atoms with Crippen LogP contribution in [0.3, 0.4) is 0 Å². The number of carboxylic acids is 1. The van der Waals surface area contributed by atoms with Crippen LogP contribution < -0.4 is 10.2 Å². The van der Waals surface area contributed by atoms with Crippen molar-refractivity contribution >= 4 is 29.3 Å². The Morgan fingerprint density at radius 3 is 2.74 bits per heavy atom. The Labute approximate surface area is 134 Å². The van der Waals surface area contributed by atoms with Gasteiger partial charge in [-0.15, -0.1) is 0 Å². The van der Waals surface area contributed by atoms with E-state index in [4.69, 9.17) is 5.11 Å². The van der Waals surface area contributed by atoms with E-state index < -0.39 is 5.97 Å². The maximum atomic E-state index is 12.0. The van der Waals surface area contributed by atoms with Crippen LogP contribution in [0.15, 0.2) is 18.2 Å². The molecule has 7 heteroatoms. The third kappa shape index (κ3) is 4.00. The first-order chi connectivity index (χ1) is 10.9. The molecule has 0 aliphatic carbocycles. The van der Waals surface area contributed by atoms with E-state index in [0.29, 0.717) is 25.1 Å². The first-order valence-corrected chi connectivity index (χ1v) is 7.59. The summed E-state index contributed by atoms with van der Waals surface area (Å²) >= 11 is 0. The highest BCUT2D eigenvalue weighted by atomic mass is 16.4. The zero-order valence-corrected chi connectivity index (χ0v) is 13.3. The summed E-state index contributed by atoms with van der Waals surface area (Å²) in [6.45, 7) is 2.69. The Hall–Kier alpha value is -2.57. The van der Waals surface area contributed by atoms with E-state index in [1.165, 1.54) is 4.90 Å². The number of hydrogen-bond donors (Lipinski definition) is 2. The summed E-state index contributed by atoms with van der Waals surface area (Å²) in [5, 5.41) is 11.4. The highest BCUT2D eigenvalue weighted by Crippen LogP contribution is 2.30. The van der Waals surface area contributed by atoms with Crippen molar-refractivity contribution in [2.75, 3.05) is 30.4 Å². The molecule has 1 aromatic carbocycles. The normalized spacial score (nSPS) is 13.5. The molecule has 23 heavy (non-hydrogen) atoms. The lowest BCUT2D eigenvalue weighted by molar-refractivity contribution is -0.137. The molecule has 1 aliphatic heterocycles. The molecule has 0 bridgehead atoms. The molecule has 0 spiro atoms. The second kappa shape index (κ2) is 7.13. The van der Waals surface area contributed by atoms with Gasteiger partial charge in [-0.2, -0.15) is 0 Å². The van der Waals surface area contributed by atoms with Gasteiger partial charge in [0, 0.05) is 37.9 Å². The van der Waals surface area contributed by atoms with Crippen LogP contribution in [0.1, 0.15) is 25.3 Å². The fourth-order valence-corrected chi connectivity index (χ4v) is 2.57. The molecule has 1 aliphatic rings. The number of rotatable bonds is 5. The van der Waals surface area contributed by atoms with E-state index in [9.17, 15) is 14.4 Å².